The molecule has 38 heavy (non-hydrogen) atoms. The van der Waals surface area contributed by atoms with Gasteiger partial charge in [0.2, 0.25) is 5.91 Å². The van der Waals surface area contributed by atoms with Crippen LogP contribution in [0.2, 0.25) is 0 Å². The van der Waals surface area contributed by atoms with Crippen LogP contribution >= 0.6 is 0 Å². The maximum atomic E-state index is 13.7. The van der Waals surface area contributed by atoms with Gasteiger partial charge in [-0.15, -0.1) is 0 Å². The minimum Gasteiger partial charge on any atom is -0.387 e. The van der Waals surface area contributed by atoms with Gasteiger partial charge < -0.3 is 21.5 Å². The molecule has 0 bridgehead atoms. The Morgan fingerprint density at radius 1 is 0.895 bits per heavy atom. The van der Waals surface area contributed by atoms with Crippen LogP contribution in [0.25, 0.3) is 0 Å². The van der Waals surface area contributed by atoms with Crippen LogP contribution in [0.4, 0.5) is 0 Å². The van der Waals surface area contributed by atoms with Crippen LogP contribution in [0.1, 0.15) is 110 Å². The fraction of sp³-hybridized carbons (Fsp3) is 0.935. The van der Waals surface area contributed by atoms with Crippen LogP contribution in [-0.4, -0.2) is 60.1 Å². The standard InChI is InChI=1S/C31H55N5O2/c1-2-38-27-14-8-21(9-15-27)22-5-3-4-20(16-22)19-36-28-18-24(30(33)34)7-6-23(28)17-29(36)31(37)35-26-12-10-25(32)11-13-26/h20-29H,2-19,32H2,1H3,(H3,33,34)(H,35,37). The van der Waals surface area contributed by atoms with Crippen molar-refractivity contribution in [3.63, 3.8) is 0 Å². The van der Waals surface area contributed by atoms with Gasteiger partial charge in [0.05, 0.1) is 18.0 Å². The molecule has 5 fully saturated rings. The highest BCUT2D eigenvalue weighted by Crippen LogP contribution is 2.45. The van der Waals surface area contributed by atoms with Gasteiger partial charge >= 0.3 is 0 Å². The summed E-state index contributed by atoms with van der Waals surface area (Å²) < 4.78 is 5.92. The molecule has 1 amide bonds. The van der Waals surface area contributed by atoms with Crippen molar-refractivity contribution in [1.29, 1.82) is 5.41 Å². The predicted molar refractivity (Wildman–Crippen MR) is 153 cm³/mol. The number of rotatable bonds is 8. The number of amidine groups is 1. The van der Waals surface area contributed by atoms with E-state index in [0.29, 0.717) is 35.9 Å². The zero-order chi connectivity index (χ0) is 26.6. The molecule has 5 aliphatic rings. The maximum Gasteiger partial charge on any atom is 0.237 e. The summed E-state index contributed by atoms with van der Waals surface area (Å²) in [5, 5.41) is 11.6. The van der Waals surface area contributed by atoms with Gasteiger partial charge in [0.1, 0.15) is 0 Å². The highest BCUT2D eigenvalue weighted by molar-refractivity contribution is 5.83. The Morgan fingerprint density at radius 3 is 2.34 bits per heavy atom. The molecule has 6 N–H and O–H groups in total. The lowest BCUT2D eigenvalue weighted by molar-refractivity contribution is -0.127. The number of fused-ring (bicyclic) bond motifs is 1. The number of ether oxygens (including phenoxy) is 1. The molecule has 0 aromatic rings. The lowest BCUT2D eigenvalue weighted by atomic mass is 9.70. The van der Waals surface area contributed by atoms with Crippen molar-refractivity contribution in [3.05, 3.63) is 0 Å². The number of carbonyl (C=O) groups is 1. The van der Waals surface area contributed by atoms with E-state index in [9.17, 15) is 4.79 Å². The van der Waals surface area contributed by atoms with Crippen LogP contribution in [0.15, 0.2) is 0 Å². The second-order valence-electron chi connectivity index (χ2n) is 13.6. The Kier molecular flexibility index (Phi) is 9.69. The van der Waals surface area contributed by atoms with Gasteiger partial charge in [-0.25, -0.2) is 0 Å². The van der Waals surface area contributed by atoms with Crippen molar-refractivity contribution in [2.75, 3.05) is 13.2 Å². The highest BCUT2D eigenvalue weighted by atomic mass is 16.5. The van der Waals surface area contributed by atoms with Crippen LogP contribution < -0.4 is 16.8 Å². The van der Waals surface area contributed by atoms with Crippen molar-refractivity contribution < 1.29 is 9.53 Å². The Bertz CT molecular complexity index is 791. The molecule has 1 heterocycles. The molecule has 4 saturated carbocycles. The Balaban J connectivity index is 1.23. The molecular formula is C31H55N5O2. The Labute approximate surface area is 231 Å². The van der Waals surface area contributed by atoms with Gasteiger partial charge in [0.25, 0.3) is 0 Å². The molecule has 0 spiro atoms. The first-order valence-corrected chi connectivity index (χ1v) is 16.2. The van der Waals surface area contributed by atoms with E-state index in [0.717, 1.165) is 76.4 Å². The number of likely N-dealkylation sites (tertiary alicyclic amines) is 1. The van der Waals surface area contributed by atoms with E-state index in [1.165, 1.54) is 51.4 Å². The zero-order valence-electron chi connectivity index (χ0n) is 23.9. The van der Waals surface area contributed by atoms with Crippen molar-refractivity contribution in [2.24, 2.45) is 41.1 Å². The molecule has 0 aromatic heterocycles. The molecule has 1 aliphatic heterocycles. The summed E-state index contributed by atoms with van der Waals surface area (Å²) in [5.41, 5.74) is 12.1. The van der Waals surface area contributed by atoms with E-state index in [2.05, 4.69) is 17.1 Å². The molecule has 0 radical (unpaired) electrons. The minimum atomic E-state index is -0.0201. The van der Waals surface area contributed by atoms with E-state index in [-0.39, 0.29) is 23.9 Å². The third-order valence-electron chi connectivity index (χ3n) is 11.2. The third kappa shape index (κ3) is 6.75. The normalized spacial score (nSPS) is 42.4. The average Bonchev–Trinajstić information content (AvgIpc) is 3.28. The first-order chi connectivity index (χ1) is 18.4. The molecule has 4 aliphatic carbocycles. The first-order valence-electron chi connectivity index (χ1n) is 16.2. The van der Waals surface area contributed by atoms with Crippen molar-refractivity contribution in [3.8, 4) is 0 Å². The lowest BCUT2D eigenvalue weighted by Crippen LogP contribution is -2.52. The topological polar surface area (TPSA) is 117 Å². The van der Waals surface area contributed by atoms with Gasteiger partial charge in [0, 0.05) is 37.2 Å². The number of nitrogens with one attached hydrogen (secondary N) is 2. The quantitative estimate of drug-likeness (QED) is 0.271. The van der Waals surface area contributed by atoms with Crippen LogP contribution in [-0.2, 0) is 9.53 Å². The molecule has 1 saturated heterocycles. The lowest BCUT2D eigenvalue weighted by Gasteiger charge is -2.42. The van der Waals surface area contributed by atoms with Crippen LogP contribution in [0.3, 0.4) is 0 Å². The van der Waals surface area contributed by atoms with E-state index >= 15 is 0 Å². The number of hydrogen-bond acceptors (Lipinski definition) is 5. The number of amides is 1. The summed E-state index contributed by atoms with van der Waals surface area (Å²) >= 11 is 0. The van der Waals surface area contributed by atoms with E-state index < -0.39 is 0 Å². The first kappa shape index (κ1) is 28.4. The SMILES string of the molecule is CCOC1CCC(C2CCCC(CN3C(C(=O)NC4CCC(N)CC4)CC4CCC(C(=N)N)CC43)C2)CC1. The van der Waals surface area contributed by atoms with Crippen molar-refractivity contribution >= 4 is 11.7 Å². The van der Waals surface area contributed by atoms with E-state index in [1.54, 1.807) is 0 Å². The zero-order valence-corrected chi connectivity index (χ0v) is 23.9. The summed E-state index contributed by atoms with van der Waals surface area (Å²) in [4.78, 5) is 16.4. The summed E-state index contributed by atoms with van der Waals surface area (Å²) in [7, 11) is 0. The third-order valence-corrected chi connectivity index (χ3v) is 11.2. The smallest absolute Gasteiger partial charge is 0.237 e. The Hall–Kier alpha value is -1.18. The summed E-state index contributed by atoms with van der Waals surface area (Å²) in [5.74, 6) is 3.71. The van der Waals surface area contributed by atoms with Gasteiger partial charge in [-0.05, 0) is 120 Å². The summed E-state index contributed by atoms with van der Waals surface area (Å²) in [6.45, 7) is 4.00. The molecule has 7 heteroatoms. The van der Waals surface area contributed by atoms with Crippen molar-refractivity contribution in [1.82, 2.24) is 10.2 Å². The van der Waals surface area contributed by atoms with Crippen molar-refractivity contribution in [2.45, 2.75) is 140 Å². The summed E-state index contributed by atoms with van der Waals surface area (Å²) in [6.07, 6.45) is 19.0. The van der Waals surface area contributed by atoms with E-state index in [4.69, 9.17) is 21.6 Å². The average molecular weight is 530 g/mol. The van der Waals surface area contributed by atoms with Gasteiger partial charge in [-0.1, -0.05) is 12.8 Å². The maximum absolute atomic E-state index is 13.7. The van der Waals surface area contributed by atoms with Gasteiger partial charge in [-0.2, -0.15) is 0 Å². The monoisotopic (exact) mass is 529 g/mol. The van der Waals surface area contributed by atoms with Gasteiger partial charge in [-0.3, -0.25) is 15.1 Å². The summed E-state index contributed by atoms with van der Waals surface area (Å²) in [6, 6.07) is 0.956. The second kappa shape index (κ2) is 13.0. The molecular weight excluding hydrogens is 474 g/mol. The second-order valence-corrected chi connectivity index (χ2v) is 13.6. The molecule has 6 atom stereocenters. The van der Waals surface area contributed by atoms with Gasteiger partial charge in [0.15, 0.2) is 0 Å². The number of nitrogens with two attached hydrogens (primary N) is 2. The highest BCUT2D eigenvalue weighted by Gasteiger charge is 2.48. The van der Waals surface area contributed by atoms with E-state index in [1.807, 2.05) is 0 Å². The predicted octanol–water partition coefficient (Wildman–Crippen LogP) is 4.57. The fourth-order valence-electron chi connectivity index (χ4n) is 9.09. The molecule has 5 rings (SSSR count). The Morgan fingerprint density at radius 2 is 1.63 bits per heavy atom. The van der Waals surface area contributed by atoms with Crippen LogP contribution in [0, 0.1) is 35.0 Å². The fourth-order valence-corrected chi connectivity index (χ4v) is 9.09. The number of nitrogens with zero attached hydrogens (tertiary/aromatic N) is 1. The number of hydrogen-bond donors (Lipinski definition) is 4. The minimum absolute atomic E-state index is 0.0201. The molecule has 7 nitrogen and oxygen atoms in total. The van der Waals surface area contributed by atoms with Crippen LogP contribution in [0.5, 0.6) is 0 Å². The number of carbonyl (C=O) groups excluding carboxylic acids is 1. The molecule has 6 unspecified atom stereocenters. The largest absolute Gasteiger partial charge is 0.387 e. The molecule has 216 valence electrons. The molecule has 0 aromatic carbocycles.